The van der Waals surface area contributed by atoms with Crippen LogP contribution in [0.5, 0.6) is 5.75 Å². The number of nitrogens with two attached hydrogens (primary N) is 1. The smallest absolute Gasteiger partial charge is 0.272 e. The topological polar surface area (TPSA) is 111 Å². The monoisotopic (exact) mass is 587 g/mol. The van der Waals surface area contributed by atoms with Gasteiger partial charge in [0.1, 0.15) is 17.3 Å². The number of hydrogen-bond donors (Lipinski definition) is 3. The first-order valence-electron chi connectivity index (χ1n) is 13.6. The molecule has 0 aliphatic rings. The van der Waals surface area contributed by atoms with E-state index in [9.17, 15) is 9.59 Å². The molecule has 0 radical (unpaired) electrons. The molecule has 214 valence electrons. The zero-order chi connectivity index (χ0) is 29.9. The standard InChI is InChI=1S/C34H29N5O3S/c1-39-27-13-7-6-11-23(27)17-28(39)34(41)38-26-15-14-22(18-29(26)42-2)25-20-43-31-24(19-37-32(35)30(25)31)12-8-16-36-33(40)21-9-4-3-5-10-21/h3-15,17-20H,16H2,1-2H3,(H2,35,37)(H,36,40)(H,38,41)/b12-8+. The van der Waals surface area contributed by atoms with Gasteiger partial charge in [0.05, 0.1) is 12.8 Å². The number of ether oxygens (including phenoxy) is 1. The summed E-state index contributed by atoms with van der Waals surface area (Å²) >= 11 is 1.57. The molecule has 9 heteroatoms. The Morgan fingerprint density at radius 1 is 1.02 bits per heavy atom. The predicted octanol–water partition coefficient (Wildman–Crippen LogP) is 6.74. The van der Waals surface area contributed by atoms with Crippen molar-refractivity contribution in [2.45, 2.75) is 0 Å². The van der Waals surface area contributed by atoms with Crippen molar-refractivity contribution in [3.63, 3.8) is 0 Å². The summed E-state index contributed by atoms with van der Waals surface area (Å²) in [4.78, 5) is 30.0. The lowest BCUT2D eigenvalue weighted by molar-refractivity contribution is 0.0957. The van der Waals surface area contributed by atoms with Gasteiger partial charge >= 0.3 is 0 Å². The van der Waals surface area contributed by atoms with E-state index in [0.717, 1.165) is 37.7 Å². The zero-order valence-corrected chi connectivity index (χ0v) is 24.4. The van der Waals surface area contributed by atoms with Gasteiger partial charge in [-0.05, 0) is 47.3 Å². The molecule has 0 bridgehead atoms. The molecule has 3 heterocycles. The van der Waals surface area contributed by atoms with Gasteiger partial charge in [0.15, 0.2) is 0 Å². The highest BCUT2D eigenvalue weighted by Crippen LogP contribution is 2.41. The summed E-state index contributed by atoms with van der Waals surface area (Å²) in [6, 6.07) is 24.5. The van der Waals surface area contributed by atoms with E-state index in [-0.39, 0.29) is 11.8 Å². The van der Waals surface area contributed by atoms with E-state index >= 15 is 0 Å². The zero-order valence-electron chi connectivity index (χ0n) is 23.6. The lowest BCUT2D eigenvalue weighted by Gasteiger charge is -2.13. The van der Waals surface area contributed by atoms with Crippen LogP contribution in [0.15, 0.2) is 96.5 Å². The van der Waals surface area contributed by atoms with Crippen molar-refractivity contribution in [3.8, 4) is 16.9 Å². The van der Waals surface area contributed by atoms with E-state index in [4.69, 9.17) is 10.5 Å². The maximum atomic E-state index is 13.2. The number of nitrogen functional groups attached to an aromatic ring is 1. The van der Waals surface area contributed by atoms with Crippen molar-refractivity contribution in [1.82, 2.24) is 14.9 Å². The first kappa shape index (κ1) is 27.7. The molecule has 6 rings (SSSR count). The van der Waals surface area contributed by atoms with E-state index in [0.29, 0.717) is 35.1 Å². The number of fused-ring (bicyclic) bond motifs is 2. The lowest BCUT2D eigenvalue weighted by Crippen LogP contribution is -2.23. The quantitative estimate of drug-likeness (QED) is 0.183. The molecule has 6 aromatic rings. The Hall–Kier alpha value is -5.41. The van der Waals surface area contributed by atoms with Crippen LogP contribution in [0.25, 0.3) is 38.2 Å². The number of anilines is 2. The molecule has 0 aliphatic carbocycles. The number of benzene rings is 3. The molecule has 0 fully saturated rings. The Balaban J connectivity index is 1.23. The Morgan fingerprint density at radius 2 is 1.81 bits per heavy atom. The second-order valence-corrected chi connectivity index (χ2v) is 10.8. The number of rotatable bonds is 8. The maximum absolute atomic E-state index is 13.2. The average Bonchev–Trinajstić information content (AvgIpc) is 3.63. The van der Waals surface area contributed by atoms with Crippen LogP contribution in [-0.4, -0.2) is 35.0 Å². The van der Waals surface area contributed by atoms with Crippen LogP contribution in [-0.2, 0) is 7.05 Å². The van der Waals surface area contributed by atoms with Gasteiger partial charge in [-0.2, -0.15) is 0 Å². The number of hydrogen-bond acceptors (Lipinski definition) is 6. The van der Waals surface area contributed by atoms with E-state index in [2.05, 4.69) is 15.6 Å². The summed E-state index contributed by atoms with van der Waals surface area (Å²) in [6.45, 7) is 0.376. The van der Waals surface area contributed by atoms with Crippen LogP contribution in [0.4, 0.5) is 11.5 Å². The van der Waals surface area contributed by atoms with Gasteiger partial charge < -0.3 is 25.7 Å². The number of thiophene rings is 1. The molecule has 3 aromatic heterocycles. The minimum Gasteiger partial charge on any atom is -0.495 e. The van der Waals surface area contributed by atoms with Gasteiger partial charge in [0.25, 0.3) is 11.8 Å². The molecule has 3 aromatic carbocycles. The number of carbonyl (C=O) groups is 2. The number of pyridine rings is 1. The number of carbonyl (C=O) groups excluding carboxylic acids is 2. The Kier molecular flexibility index (Phi) is 7.63. The highest BCUT2D eigenvalue weighted by molar-refractivity contribution is 7.18. The summed E-state index contributed by atoms with van der Waals surface area (Å²) in [5.74, 6) is 0.596. The van der Waals surface area contributed by atoms with Crippen molar-refractivity contribution in [2.24, 2.45) is 7.05 Å². The number of nitrogens with zero attached hydrogens (tertiary/aromatic N) is 2. The SMILES string of the molecule is COc1cc(-c2csc3c(/C=C/CNC(=O)c4ccccc4)cnc(N)c23)ccc1NC(=O)c1cc2ccccc2n1C. The van der Waals surface area contributed by atoms with Gasteiger partial charge in [-0.1, -0.05) is 54.6 Å². The molecule has 0 saturated carbocycles. The van der Waals surface area contributed by atoms with Crippen molar-refractivity contribution in [1.29, 1.82) is 0 Å². The van der Waals surface area contributed by atoms with E-state index in [1.165, 1.54) is 0 Å². The van der Waals surface area contributed by atoms with Gasteiger partial charge in [0, 0.05) is 57.5 Å². The molecule has 2 amide bonds. The molecule has 4 N–H and O–H groups in total. The van der Waals surface area contributed by atoms with Crippen LogP contribution >= 0.6 is 11.3 Å². The van der Waals surface area contributed by atoms with Crippen molar-refractivity contribution < 1.29 is 14.3 Å². The number of amides is 2. The average molecular weight is 588 g/mol. The third-order valence-electron chi connectivity index (χ3n) is 7.31. The van der Waals surface area contributed by atoms with Gasteiger partial charge in [-0.15, -0.1) is 11.3 Å². The first-order valence-corrected chi connectivity index (χ1v) is 14.5. The minimum absolute atomic E-state index is 0.130. The lowest BCUT2D eigenvalue weighted by atomic mass is 10.0. The van der Waals surface area contributed by atoms with Crippen LogP contribution in [0.1, 0.15) is 26.4 Å². The van der Waals surface area contributed by atoms with Gasteiger partial charge in [0.2, 0.25) is 0 Å². The fraction of sp³-hybridized carbons (Fsp3) is 0.0882. The summed E-state index contributed by atoms with van der Waals surface area (Å²) < 4.78 is 8.55. The van der Waals surface area contributed by atoms with Gasteiger partial charge in [-0.25, -0.2) is 4.98 Å². The molecular formula is C34H29N5O3S. The molecular weight excluding hydrogens is 558 g/mol. The van der Waals surface area contributed by atoms with Crippen molar-refractivity contribution in [2.75, 3.05) is 24.7 Å². The van der Waals surface area contributed by atoms with Crippen LogP contribution in [0.2, 0.25) is 0 Å². The summed E-state index contributed by atoms with van der Waals surface area (Å²) in [5.41, 5.74) is 11.8. The van der Waals surface area contributed by atoms with Crippen LogP contribution in [0.3, 0.4) is 0 Å². The number of aryl methyl sites for hydroxylation is 1. The first-order chi connectivity index (χ1) is 20.9. The molecule has 43 heavy (non-hydrogen) atoms. The number of nitrogens with one attached hydrogen (secondary N) is 2. The second kappa shape index (κ2) is 11.8. The molecule has 0 spiro atoms. The van der Waals surface area contributed by atoms with Crippen LogP contribution in [0, 0.1) is 0 Å². The maximum Gasteiger partial charge on any atom is 0.272 e. The van der Waals surface area contributed by atoms with E-state index in [1.54, 1.807) is 36.8 Å². The normalized spacial score (nSPS) is 11.3. The predicted molar refractivity (Wildman–Crippen MR) is 175 cm³/mol. The number of methoxy groups -OCH3 is 1. The summed E-state index contributed by atoms with van der Waals surface area (Å²) in [6.07, 6.45) is 5.56. The van der Waals surface area contributed by atoms with Gasteiger partial charge in [-0.3, -0.25) is 9.59 Å². The summed E-state index contributed by atoms with van der Waals surface area (Å²) in [5, 5.41) is 9.78. The summed E-state index contributed by atoms with van der Waals surface area (Å²) in [7, 11) is 3.45. The Labute approximate surface area is 252 Å². The molecule has 0 atom stereocenters. The fourth-order valence-corrected chi connectivity index (χ4v) is 6.18. The number of aromatic nitrogens is 2. The number of para-hydroxylation sites is 1. The molecule has 0 saturated heterocycles. The molecule has 0 unspecified atom stereocenters. The highest BCUT2D eigenvalue weighted by Gasteiger charge is 2.18. The van der Waals surface area contributed by atoms with E-state index < -0.39 is 0 Å². The van der Waals surface area contributed by atoms with Crippen LogP contribution < -0.4 is 21.1 Å². The van der Waals surface area contributed by atoms with E-state index in [1.807, 2.05) is 95.9 Å². The third-order valence-corrected chi connectivity index (χ3v) is 8.34. The largest absolute Gasteiger partial charge is 0.495 e. The third kappa shape index (κ3) is 5.45. The Morgan fingerprint density at radius 3 is 2.60 bits per heavy atom. The highest BCUT2D eigenvalue weighted by atomic mass is 32.1. The fourth-order valence-electron chi connectivity index (χ4n) is 5.10. The minimum atomic E-state index is -0.226. The van der Waals surface area contributed by atoms with Crippen molar-refractivity contribution >= 4 is 61.7 Å². The second-order valence-electron chi connectivity index (χ2n) is 9.95. The molecule has 0 aliphatic heterocycles. The molecule has 8 nitrogen and oxygen atoms in total. The Bertz CT molecular complexity index is 2010. The van der Waals surface area contributed by atoms with Crippen molar-refractivity contribution in [3.05, 3.63) is 113 Å².